The fourth-order valence-electron chi connectivity index (χ4n) is 2.14. The molecule has 0 radical (unpaired) electrons. The third-order valence-corrected chi connectivity index (χ3v) is 3.01. The third-order valence-electron chi connectivity index (χ3n) is 3.01. The predicted octanol–water partition coefficient (Wildman–Crippen LogP) is 3.40. The first-order valence-electron chi connectivity index (χ1n) is 6.75. The second kappa shape index (κ2) is 6.95. The molecule has 0 bridgehead atoms. The summed E-state index contributed by atoms with van der Waals surface area (Å²) in [5, 5.41) is 3.49. The van der Waals surface area contributed by atoms with Crippen LogP contribution in [0.5, 0.6) is 0 Å². The molecule has 0 spiro atoms. The second-order valence-corrected chi connectivity index (χ2v) is 5.10. The molecule has 0 saturated heterocycles. The first kappa shape index (κ1) is 13.6. The normalized spacial score (nSPS) is 10.7. The highest BCUT2D eigenvalue weighted by molar-refractivity contribution is 5.45. The molecule has 0 aromatic heterocycles. The molecule has 0 aliphatic heterocycles. The summed E-state index contributed by atoms with van der Waals surface area (Å²) < 4.78 is 0. The van der Waals surface area contributed by atoms with Gasteiger partial charge >= 0.3 is 0 Å². The van der Waals surface area contributed by atoms with Gasteiger partial charge in [-0.05, 0) is 43.8 Å². The fourth-order valence-corrected chi connectivity index (χ4v) is 2.14. The van der Waals surface area contributed by atoms with Crippen LogP contribution in [-0.4, -0.2) is 25.5 Å². The van der Waals surface area contributed by atoms with Crippen molar-refractivity contribution in [2.24, 2.45) is 0 Å². The van der Waals surface area contributed by atoms with E-state index in [2.05, 4.69) is 78.9 Å². The van der Waals surface area contributed by atoms with E-state index in [1.807, 2.05) is 0 Å². The summed E-state index contributed by atoms with van der Waals surface area (Å²) >= 11 is 0. The maximum absolute atomic E-state index is 3.49. The molecule has 2 rings (SSSR count). The van der Waals surface area contributed by atoms with E-state index >= 15 is 0 Å². The van der Waals surface area contributed by atoms with Crippen LogP contribution in [0.4, 0.5) is 5.69 Å². The van der Waals surface area contributed by atoms with Gasteiger partial charge in [0.15, 0.2) is 0 Å². The van der Waals surface area contributed by atoms with Crippen LogP contribution in [0.1, 0.15) is 11.1 Å². The third kappa shape index (κ3) is 4.76. The minimum absolute atomic E-state index is 0.968. The van der Waals surface area contributed by atoms with E-state index < -0.39 is 0 Å². The van der Waals surface area contributed by atoms with Crippen molar-refractivity contribution >= 4 is 5.69 Å². The quantitative estimate of drug-likeness (QED) is 0.850. The Hall–Kier alpha value is -1.80. The van der Waals surface area contributed by atoms with Crippen LogP contribution in [-0.2, 0) is 13.0 Å². The Morgan fingerprint density at radius 2 is 1.63 bits per heavy atom. The molecule has 0 heterocycles. The Labute approximate surface area is 116 Å². The van der Waals surface area contributed by atoms with Crippen molar-refractivity contribution in [3.8, 4) is 0 Å². The van der Waals surface area contributed by atoms with Gasteiger partial charge < -0.3 is 10.2 Å². The van der Waals surface area contributed by atoms with Crippen LogP contribution < -0.4 is 5.32 Å². The van der Waals surface area contributed by atoms with Gasteiger partial charge in [0.1, 0.15) is 0 Å². The summed E-state index contributed by atoms with van der Waals surface area (Å²) in [6, 6.07) is 19.2. The van der Waals surface area contributed by atoms with Crippen molar-refractivity contribution in [3.05, 3.63) is 65.7 Å². The lowest BCUT2D eigenvalue weighted by Gasteiger charge is -2.12. The molecule has 19 heavy (non-hydrogen) atoms. The Balaban J connectivity index is 1.86. The van der Waals surface area contributed by atoms with Crippen molar-refractivity contribution in [1.29, 1.82) is 0 Å². The van der Waals surface area contributed by atoms with E-state index in [4.69, 9.17) is 0 Å². The molecule has 2 aromatic carbocycles. The maximum atomic E-state index is 3.49. The van der Waals surface area contributed by atoms with E-state index in [0.29, 0.717) is 0 Å². The summed E-state index contributed by atoms with van der Waals surface area (Å²) in [5.74, 6) is 0. The molecule has 0 aliphatic rings. The first-order valence-corrected chi connectivity index (χ1v) is 6.75. The molecule has 0 unspecified atom stereocenters. The Bertz CT molecular complexity index is 492. The highest BCUT2D eigenvalue weighted by atomic mass is 15.0. The van der Waals surface area contributed by atoms with E-state index in [1.165, 1.54) is 16.8 Å². The lowest BCUT2D eigenvalue weighted by molar-refractivity contribution is 0.402. The van der Waals surface area contributed by atoms with Crippen LogP contribution in [0.15, 0.2) is 54.6 Å². The summed E-state index contributed by atoms with van der Waals surface area (Å²) in [5.41, 5.74) is 3.92. The van der Waals surface area contributed by atoms with Crippen LogP contribution in [0.25, 0.3) is 0 Å². The Morgan fingerprint density at radius 1 is 0.895 bits per heavy atom. The van der Waals surface area contributed by atoms with E-state index in [0.717, 1.165) is 19.5 Å². The summed E-state index contributed by atoms with van der Waals surface area (Å²) in [6.45, 7) is 1.95. The molecule has 0 amide bonds. The van der Waals surface area contributed by atoms with E-state index in [1.54, 1.807) is 0 Å². The minimum atomic E-state index is 0.968. The fraction of sp³-hybridized carbons (Fsp3) is 0.294. The summed E-state index contributed by atoms with van der Waals surface area (Å²) in [7, 11) is 4.19. The highest BCUT2D eigenvalue weighted by Gasteiger charge is 1.98. The molecule has 1 N–H and O–H groups in total. The van der Waals surface area contributed by atoms with Crippen molar-refractivity contribution in [2.45, 2.75) is 13.0 Å². The average molecular weight is 254 g/mol. The van der Waals surface area contributed by atoms with Gasteiger partial charge in [-0.15, -0.1) is 0 Å². The number of hydrogen-bond acceptors (Lipinski definition) is 2. The molecule has 0 aliphatic carbocycles. The van der Waals surface area contributed by atoms with Gasteiger partial charge in [-0.1, -0.05) is 42.5 Å². The Morgan fingerprint density at radius 3 is 2.37 bits per heavy atom. The molecule has 2 nitrogen and oxygen atoms in total. The van der Waals surface area contributed by atoms with Crippen molar-refractivity contribution in [1.82, 2.24) is 4.90 Å². The number of nitrogens with zero attached hydrogens (tertiary/aromatic N) is 1. The number of anilines is 1. The van der Waals surface area contributed by atoms with Gasteiger partial charge in [-0.3, -0.25) is 0 Å². The number of nitrogens with one attached hydrogen (secondary N) is 1. The van der Waals surface area contributed by atoms with E-state index in [-0.39, 0.29) is 0 Å². The van der Waals surface area contributed by atoms with Gasteiger partial charge in [0.25, 0.3) is 0 Å². The monoisotopic (exact) mass is 254 g/mol. The smallest absolute Gasteiger partial charge is 0.0343 e. The number of rotatable bonds is 6. The zero-order chi connectivity index (χ0) is 13.5. The van der Waals surface area contributed by atoms with Crippen molar-refractivity contribution in [2.75, 3.05) is 26.0 Å². The molecular formula is C17H22N2. The van der Waals surface area contributed by atoms with E-state index in [9.17, 15) is 0 Å². The van der Waals surface area contributed by atoms with Gasteiger partial charge in [0, 0.05) is 18.8 Å². The zero-order valence-electron chi connectivity index (χ0n) is 11.8. The molecule has 0 saturated carbocycles. The topological polar surface area (TPSA) is 15.3 Å². The molecule has 0 fully saturated rings. The largest absolute Gasteiger partial charge is 0.385 e. The number of benzene rings is 2. The predicted molar refractivity (Wildman–Crippen MR) is 82.5 cm³/mol. The maximum Gasteiger partial charge on any atom is 0.0343 e. The molecule has 2 aromatic rings. The number of hydrogen-bond donors (Lipinski definition) is 1. The Kier molecular flexibility index (Phi) is 4.99. The molecular weight excluding hydrogens is 232 g/mol. The average Bonchev–Trinajstić information content (AvgIpc) is 2.40. The lowest BCUT2D eigenvalue weighted by Crippen LogP contribution is -2.11. The SMILES string of the molecule is CN(C)Cc1cccc(NCCc2ccccc2)c1. The molecule has 2 heteroatoms. The van der Waals surface area contributed by atoms with Crippen LogP contribution in [0.2, 0.25) is 0 Å². The standard InChI is InChI=1S/C17H22N2/c1-19(2)14-16-9-6-10-17(13-16)18-12-11-15-7-4-3-5-8-15/h3-10,13,18H,11-12,14H2,1-2H3. The minimum Gasteiger partial charge on any atom is -0.385 e. The van der Waals surface area contributed by atoms with Crippen LogP contribution >= 0.6 is 0 Å². The highest BCUT2D eigenvalue weighted by Crippen LogP contribution is 2.12. The van der Waals surface area contributed by atoms with Crippen LogP contribution in [0, 0.1) is 0 Å². The van der Waals surface area contributed by atoms with Gasteiger partial charge in [-0.25, -0.2) is 0 Å². The van der Waals surface area contributed by atoms with Crippen LogP contribution in [0.3, 0.4) is 0 Å². The lowest BCUT2D eigenvalue weighted by atomic mass is 10.1. The molecule has 100 valence electrons. The van der Waals surface area contributed by atoms with Gasteiger partial charge in [0.05, 0.1) is 0 Å². The van der Waals surface area contributed by atoms with Gasteiger partial charge in [0.2, 0.25) is 0 Å². The van der Waals surface area contributed by atoms with Crippen molar-refractivity contribution < 1.29 is 0 Å². The van der Waals surface area contributed by atoms with Crippen molar-refractivity contribution in [3.63, 3.8) is 0 Å². The second-order valence-electron chi connectivity index (χ2n) is 5.10. The first-order chi connectivity index (χ1) is 9.24. The zero-order valence-corrected chi connectivity index (χ0v) is 11.8. The summed E-state index contributed by atoms with van der Waals surface area (Å²) in [4.78, 5) is 2.18. The summed E-state index contributed by atoms with van der Waals surface area (Å²) in [6.07, 6.45) is 1.05. The molecule has 0 atom stereocenters. The van der Waals surface area contributed by atoms with Gasteiger partial charge in [-0.2, -0.15) is 0 Å².